The van der Waals surface area contributed by atoms with Crippen molar-refractivity contribution < 1.29 is 27.4 Å². The van der Waals surface area contributed by atoms with Crippen LogP contribution in [0.4, 0.5) is 29.5 Å². The highest BCUT2D eigenvalue weighted by Crippen LogP contribution is 2.37. The predicted molar refractivity (Wildman–Crippen MR) is 138 cm³/mol. The zero-order valence-corrected chi connectivity index (χ0v) is 21.9. The average Bonchev–Trinajstić information content (AvgIpc) is 2.82. The number of likely N-dealkylation sites (N-methyl/N-ethyl adjacent to an activating group) is 1. The normalized spacial score (nSPS) is 17.4. The molecule has 1 amide bonds. The Kier molecular flexibility index (Phi) is 7.54. The van der Waals surface area contributed by atoms with Gasteiger partial charge in [0.2, 0.25) is 0 Å². The van der Waals surface area contributed by atoms with Gasteiger partial charge < -0.3 is 30.3 Å². The fourth-order valence-corrected chi connectivity index (χ4v) is 4.54. The summed E-state index contributed by atoms with van der Waals surface area (Å²) in [6, 6.07) is 6.05. The summed E-state index contributed by atoms with van der Waals surface area (Å²) in [6.45, 7) is 7.34. The summed E-state index contributed by atoms with van der Waals surface area (Å²) in [5, 5.41) is 3.68. The minimum Gasteiger partial charge on any atom is -0.493 e. The second-order valence-corrected chi connectivity index (χ2v) is 9.56. The lowest BCUT2D eigenvalue weighted by molar-refractivity contribution is -0.137. The number of nitrogens with one attached hydrogen (secondary N) is 1. The first-order chi connectivity index (χ1) is 17.8. The summed E-state index contributed by atoms with van der Waals surface area (Å²) in [6.07, 6.45) is -5.03. The molecule has 2 heterocycles. The molecule has 4 rings (SSSR count). The molecule has 3 aromatic rings. The number of halogens is 3. The van der Waals surface area contributed by atoms with Gasteiger partial charge in [-0.05, 0) is 57.6 Å². The van der Waals surface area contributed by atoms with Crippen LogP contribution in [-0.2, 0) is 6.18 Å². The van der Waals surface area contributed by atoms with E-state index in [1.807, 2.05) is 14.0 Å². The molecule has 0 spiro atoms. The number of fused-ring (bicyclic) bond motifs is 1. The summed E-state index contributed by atoms with van der Waals surface area (Å²) in [7, 11) is 3.46. The van der Waals surface area contributed by atoms with E-state index in [1.165, 1.54) is 13.2 Å². The van der Waals surface area contributed by atoms with Crippen LogP contribution >= 0.6 is 0 Å². The summed E-state index contributed by atoms with van der Waals surface area (Å²) < 4.78 is 51.2. The predicted octanol–water partition coefficient (Wildman–Crippen LogP) is 4.86. The Bertz CT molecular complexity index is 1350. The van der Waals surface area contributed by atoms with E-state index >= 15 is 0 Å². The number of nitrogen functional groups attached to an aromatic ring is 1. The second-order valence-electron chi connectivity index (χ2n) is 9.56. The quantitative estimate of drug-likeness (QED) is 0.449. The molecule has 0 unspecified atom stereocenters. The summed E-state index contributed by atoms with van der Waals surface area (Å²) in [5.74, 6) is 1.30. The Morgan fingerprint density at radius 1 is 1.16 bits per heavy atom. The van der Waals surface area contributed by atoms with E-state index in [0.717, 1.165) is 25.2 Å². The number of ether oxygens (including phenoxy) is 2. The number of nitrogens with two attached hydrogens (primary N) is 1. The van der Waals surface area contributed by atoms with Gasteiger partial charge in [-0.2, -0.15) is 13.2 Å². The van der Waals surface area contributed by atoms with Gasteiger partial charge in [-0.15, -0.1) is 0 Å². The SMILES string of the molecule is COc1cc2nc(C)nc(N[C@H](C)c3cc(N)cc(C(F)(F)F)c3)c2cc1OC(=O)N1CCN(C)C[C@@H]1C. The number of hydrogen-bond acceptors (Lipinski definition) is 8. The van der Waals surface area contributed by atoms with Crippen molar-refractivity contribution in [1.29, 1.82) is 0 Å². The van der Waals surface area contributed by atoms with Crippen LogP contribution < -0.4 is 20.5 Å². The molecule has 0 bridgehead atoms. The first-order valence-electron chi connectivity index (χ1n) is 12.1. The zero-order chi connectivity index (χ0) is 27.8. The number of aryl methyl sites for hydroxylation is 1. The Morgan fingerprint density at radius 3 is 2.55 bits per heavy atom. The highest BCUT2D eigenvalue weighted by Gasteiger charge is 2.32. The van der Waals surface area contributed by atoms with Gasteiger partial charge in [0, 0.05) is 42.8 Å². The van der Waals surface area contributed by atoms with Gasteiger partial charge >= 0.3 is 12.3 Å². The molecule has 2 aromatic carbocycles. The fraction of sp³-hybridized carbons (Fsp3) is 0.423. The number of amides is 1. The number of benzene rings is 2. The maximum Gasteiger partial charge on any atom is 0.416 e. The third kappa shape index (κ3) is 5.85. The van der Waals surface area contributed by atoms with Crippen LogP contribution in [0.5, 0.6) is 11.5 Å². The monoisotopic (exact) mass is 532 g/mol. The van der Waals surface area contributed by atoms with Gasteiger partial charge in [0.15, 0.2) is 11.5 Å². The number of carbonyl (C=O) groups excluding carboxylic acids is 1. The van der Waals surface area contributed by atoms with E-state index in [9.17, 15) is 18.0 Å². The lowest BCUT2D eigenvalue weighted by Crippen LogP contribution is -2.53. The lowest BCUT2D eigenvalue weighted by atomic mass is 10.0. The van der Waals surface area contributed by atoms with E-state index in [-0.39, 0.29) is 17.5 Å². The van der Waals surface area contributed by atoms with Crippen LogP contribution in [0, 0.1) is 6.92 Å². The number of nitrogens with zero attached hydrogens (tertiary/aromatic N) is 4. The number of anilines is 2. The van der Waals surface area contributed by atoms with Crippen LogP contribution in [0.15, 0.2) is 30.3 Å². The second kappa shape index (κ2) is 10.5. The minimum atomic E-state index is -4.53. The molecule has 204 valence electrons. The molecule has 1 aromatic heterocycles. The first-order valence-corrected chi connectivity index (χ1v) is 12.1. The van der Waals surface area contributed by atoms with E-state index in [2.05, 4.69) is 20.2 Å². The van der Waals surface area contributed by atoms with Gasteiger partial charge in [-0.1, -0.05) is 0 Å². The zero-order valence-electron chi connectivity index (χ0n) is 21.9. The third-order valence-electron chi connectivity index (χ3n) is 6.51. The molecule has 0 aliphatic carbocycles. The number of rotatable bonds is 5. The third-order valence-corrected chi connectivity index (χ3v) is 6.51. The molecule has 3 N–H and O–H groups in total. The molecule has 38 heavy (non-hydrogen) atoms. The fourth-order valence-electron chi connectivity index (χ4n) is 4.54. The van der Waals surface area contributed by atoms with Gasteiger partial charge in [-0.3, -0.25) is 0 Å². The maximum atomic E-state index is 13.3. The molecule has 9 nitrogen and oxygen atoms in total. The molecular formula is C26H31F3N6O3. The standard InChI is InChI=1S/C26H31F3N6O3/c1-14-13-34(4)6-7-35(14)25(36)38-23-11-20-21(12-22(23)37-5)32-16(3)33-24(20)31-15(2)17-8-18(26(27,28)29)10-19(30)9-17/h8-12,14-15H,6-7,13,30H2,1-5H3,(H,31,32,33)/t14-,15+/m0/s1. The minimum absolute atomic E-state index is 0.00395. The topological polar surface area (TPSA) is 106 Å². The molecule has 0 saturated carbocycles. The van der Waals surface area contributed by atoms with Crippen molar-refractivity contribution in [3.05, 3.63) is 47.3 Å². The van der Waals surface area contributed by atoms with Crippen molar-refractivity contribution in [1.82, 2.24) is 19.8 Å². The Hall–Kier alpha value is -3.80. The Labute approximate surface area is 218 Å². The maximum absolute atomic E-state index is 13.3. The largest absolute Gasteiger partial charge is 0.493 e. The molecule has 12 heteroatoms. The van der Waals surface area contributed by atoms with Crippen LogP contribution in [0.3, 0.4) is 0 Å². The van der Waals surface area contributed by atoms with Crippen molar-refractivity contribution in [2.75, 3.05) is 44.8 Å². The number of methoxy groups -OCH3 is 1. The first kappa shape index (κ1) is 27.2. The number of hydrogen-bond donors (Lipinski definition) is 2. The number of alkyl halides is 3. The van der Waals surface area contributed by atoms with Crippen LogP contribution in [0.25, 0.3) is 10.9 Å². The number of carbonyl (C=O) groups is 1. The smallest absolute Gasteiger partial charge is 0.416 e. The summed E-state index contributed by atoms with van der Waals surface area (Å²) in [5.41, 5.74) is 5.78. The van der Waals surface area contributed by atoms with Crippen molar-refractivity contribution in [2.45, 2.75) is 39.0 Å². The summed E-state index contributed by atoms with van der Waals surface area (Å²) in [4.78, 5) is 25.7. The van der Waals surface area contributed by atoms with Crippen LogP contribution in [-0.4, -0.2) is 65.7 Å². The van der Waals surface area contributed by atoms with Crippen LogP contribution in [0.1, 0.15) is 36.8 Å². The average molecular weight is 533 g/mol. The van der Waals surface area contributed by atoms with Gasteiger partial charge in [0.05, 0.1) is 24.2 Å². The van der Waals surface area contributed by atoms with Crippen molar-refractivity contribution in [2.24, 2.45) is 0 Å². The Balaban J connectivity index is 1.68. The molecule has 2 atom stereocenters. The molecular weight excluding hydrogens is 501 g/mol. The number of aromatic nitrogens is 2. The highest BCUT2D eigenvalue weighted by atomic mass is 19.4. The van der Waals surface area contributed by atoms with Crippen molar-refractivity contribution in [3.63, 3.8) is 0 Å². The summed E-state index contributed by atoms with van der Waals surface area (Å²) >= 11 is 0. The molecule has 1 aliphatic rings. The van der Waals surface area contributed by atoms with Crippen LogP contribution in [0.2, 0.25) is 0 Å². The molecule has 0 radical (unpaired) electrons. The lowest BCUT2D eigenvalue weighted by Gasteiger charge is -2.37. The molecule has 1 fully saturated rings. The van der Waals surface area contributed by atoms with Gasteiger partial charge in [0.1, 0.15) is 11.6 Å². The number of piperazine rings is 1. The van der Waals surface area contributed by atoms with E-state index in [4.69, 9.17) is 15.2 Å². The van der Waals surface area contributed by atoms with Gasteiger partial charge in [-0.25, -0.2) is 14.8 Å². The molecule has 1 aliphatic heterocycles. The van der Waals surface area contributed by atoms with E-state index in [1.54, 1.807) is 30.9 Å². The highest BCUT2D eigenvalue weighted by molar-refractivity contribution is 5.92. The van der Waals surface area contributed by atoms with E-state index < -0.39 is 23.9 Å². The molecule has 1 saturated heterocycles. The Morgan fingerprint density at radius 2 is 1.89 bits per heavy atom. The van der Waals surface area contributed by atoms with E-state index in [0.29, 0.717) is 40.4 Å². The van der Waals surface area contributed by atoms with Crippen molar-refractivity contribution >= 4 is 28.5 Å². The van der Waals surface area contributed by atoms with Crippen molar-refractivity contribution in [3.8, 4) is 11.5 Å². The van der Waals surface area contributed by atoms with Gasteiger partial charge in [0.25, 0.3) is 0 Å².